The van der Waals surface area contributed by atoms with Gasteiger partial charge >= 0.3 is 0 Å². The van der Waals surface area contributed by atoms with Crippen LogP contribution in [0.25, 0.3) is 33.1 Å². The number of aromatic amines is 1. The summed E-state index contributed by atoms with van der Waals surface area (Å²) in [5, 5.41) is 6.35. The van der Waals surface area contributed by atoms with E-state index in [1.807, 2.05) is 34.8 Å². The maximum atomic E-state index is 15.1. The molecule has 34 heavy (non-hydrogen) atoms. The molecule has 2 aliphatic rings. The molecule has 1 aromatic carbocycles. The number of anilines is 1. The number of halogens is 2. The molecule has 1 saturated heterocycles. The van der Waals surface area contributed by atoms with Crippen LogP contribution in [0.1, 0.15) is 26.2 Å². The quantitative estimate of drug-likeness (QED) is 0.464. The highest BCUT2D eigenvalue weighted by molar-refractivity contribution is 6.38. The predicted molar refractivity (Wildman–Crippen MR) is 132 cm³/mol. The summed E-state index contributed by atoms with van der Waals surface area (Å²) in [6.07, 6.45) is 4.86. The summed E-state index contributed by atoms with van der Waals surface area (Å²) in [6.45, 7) is 3.44. The zero-order valence-corrected chi connectivity index (χ0v) is 19.9. The van der Waals surface area contributed by atoms with Gasteiger partial charge in [-0.05, 0) is 38.2 Å². The number of fused-ring (bicyclic) bond motifs is 4. The van der Waals surface area contributed by atoms with Crippen LogP contribution in [0.3, 0.4) is 0 Å². The molecule has 1 aliphatic carbocycles. The van der Waals surface area contributed by atoms with E-state index in [4.69, 9.17) is 22.3 Å². The van der Waals surface area contributed by atoms with Gasteiger partial charge in [-0.15, -0.1) is 0 Å². The lowest BCUT2D eigenvalue weighted by Crippen LogP contribution is -2.48. The highest BCUT2D eigenvalue weighted by Crippen LogP contribution is 2.39. The summed E-state index contributed by atoms with van der Waals surface area (Å²) < 4.78 is 18.5. The summed E-state index contributed by atoms with van der Waals surface area (Å²) in [7, 11) is 1.69. The second-order valence-electron chi connectivity index (χ2n) is 9.55. The molecule has 0 radical (unpaired) electrons. The Morgan fingerprint density at radius 1 is 1.29 bits per heavy atom. The molecule has 4 aromatic rings. The highest BCUT2D eigenvalue weighted by Gasteiger charge is 2.44. The van der Waals surface area contributed by atoms with Gasteiger partial charge in [0.2, 0.25) is 5.95 Å². The smallest absolute Gasteiger partial charge is 0.264 e. The molecule has 1 unspecified atom stereocenters. The second kappa shape index (κ2) is 7.81. The van der Waals surface area contributed by atoms with Crippen LogP contribution in [0.15, 0.2) is 29.3 Å². The Hall–Kier alpha value is -2.91. The summed E-state index contributed by atoms with van der Waals surface area (Å²) in [6, 6.07) is 2.95. The molecule has 2 bridgehead atoms. The molecule has 4 heterocycles. The van der Waals surface area contributed by atoms with Crippen LogP contribution in [0.4, 0.5) is 10.3 Å². The topological polar surface area (TPSA) is 97.8 Å². The summed E-state index contributed by atoms with van der Waals surface area (Å²) >= 11 is 6.78. The van der Waals surface area contributed by atoms with Crippen LogP contribution < -0.4 is 16.2 Å². The minimum atomic E-state index is -1.14. The van der Waals surface area contributed by atoms with Gasteiger partial charge in [-0.3, -0.25) is 14.0 Å². The standard InChI is InChI=1S/C24H27ClFN7O/c1-3-32-11-15-17(30-32)7-5-13(20(15)25)14-9-28-22-19(14)23(34)31(2)24(29-22)33-10-12-4-6-16(27)21(26)18(33)8-12/h5,7,9,11-12,16,18,21,28H,3-4,6,8,10,27H2,1-2H3/t12?,16-,18+,21-/m0/s1. The number of rotatable bonds is 3. The molecular weight excluding hydrogens is 457 g/mol. The predicted octanol–water partition coefficient (Wildman–Crippen LogP) is 3.61. The molecule has 0 amide bonds. The highest BCUT2D eigenvalue weighted by atomic mass is 35.5. The van der Waals surface area contributed by atoms with Crippen LogP contribution in [-0.4, -0.2) is 49.1 Å². The number of aryl methyl sites for hydroxylation is 1. The average Bonchev–Trinajstić information content (AvgIpc) is 3.54. The van der Waals surface area contributed by atoms with Crippen molar-refractivity contribution in [3.63, 3.8) is 0 Å². The van der Waals surface area contributed by atoms with Crippen molar-refractivity contribution in [2.45, 2.75) is 51.0 Å². The molecule has 178 valence electrons. The van der Waals surface area contributed by atoms with Crippen LogP contribution in [0, 0.1) is 5.92 Å². The Labute approximate surface area is 200 Å². The van der Waals surface area contributed by atoms with E-state index in [9.17, 15) is 4.79 Å². The third-order valence-corrected chi connectivity index (χ3v) is 7.95. The van der Waals surface area contributed by atoms with Crippen molar-refractivity contribution >= 4 is 39.5 Å². The van der Waals surface area contributed by atoms with Gasteiger partial charge in [0.1, 0.15) is 11.8 Å². The van der Waals surface area contributed by atoms with E-state index in [-0.39, 0.29) is 11.6 Å². The lowest BCUT2D eigenvalue weighted by molar-refractivity contribution is 0.236. The van der Waals surface area contributed by atoms with E-state index in [1.54, 1.807) is 13.2 Å². The van der Waals surface area contributed by atoms with E-state index in [1.165, 1.54) is 4.57 Å². The molecule has 1 saturated carbocycles. The van der Waals surface area contributed by atoms with Gasteiger partial charge in [-0.1, -0.05) is 17.7 Å². The average molecular weight is 484 g/mol. The Balaban J connectivity index is 1.47. The van der Waals surface area contributed by atoms with E-state index < -0.39 is 12.2 Å². The van der Waals surface area contributed by atoms with Gasteiger partial charge in [0.05, 0.1) is 22.0 Å². The molecule has 4 atom stereocenters. The Morgan fingerprint density at radius 2 is 2.12 bits per heavy atom. The van der Waals surface area contributed by atoms with Gasteiger partial charge in [-0.25, -0.2) is 4.39 Å². The van der Waals surface area contributed by atoms with Gasteiger partial charge < -0.3 is 15.6 Å². The molecule has 3 N–H and O–H groups in total. The number of nitrogens with two attached hydrogens (primary N) is 1. The minimum Gasteiger partial charge on any atom is -0.345 e. The van der Waals surface area contributed by atoms with Crippen molar-refractivity contribution in [1.29, 1.82) is 0 Å². The zero-order valence-electron chi connectivity index (χ0n) is 19.1. The first-order valence-corrected chi connectivity index (χ1v) is 12.2. The molecule has 8 nitrogen and oxygen atoms in total. The summed E-state index contributed by atoms with van der Waals surface area (Å²) in [5.74, 6) is 0.832. The van der Waals surface area contributed by atoms with E-state index in [0.29, 0.717) is 46.5 Å². The maximum absolute atomic E-state index is 15.1. The summed E-state index contributed by atoms with van der Waals surface area (Å²) in [5.41, 5.74) is 8.58. The fraction of sp³-hybridized carbons (Fsp3) is 0.458. The van der Waals surface area contributed by atoms with Crippen LogP contribution >= 0.6 is 11.6 Å². The van der Waals surface area contributed by atoms with Crippen molar-refractivity contribution in [3.8, 4) is 11.1 Å². The third kappa shape index (κ3) is 3.10. The van der Waals surface area contributed by atoms with Gasteiger partial charge in [0, 0.05) is 55.1 Å². The van der Waals surface area contributed by atoms with E-state index in [2.05, 4.69) is 10.1 Å². The first kappa shape index (κ1) is 21.6. The van der Waals surface area contributed by atoms with E-state index in [0.717, 1.165) is 35.9 Å². The zero-order chi connectivity index (χ0) is 23.7. The van der Waals surface area contributed by atoms with Crippen molar-refractivity contribution in [2.75, 3.05) is 11.4 Å². The second-order valence-corrected chi connectivity index (χ2v) is 9.93. The number of alkyl halides is 1. The minimum absolute atomic E-state index is 0.198. The number of benzene rings is 1. The number of hydrogen-bond acceptors (Lipinski definition) is 5. The molecule has 1 aliphatic heterocycles. The van der Waals surface area contributed by atoms with Crippen molar-refractivity contribution < 1.29 is 4.39 Å². The SMILES string of the molecule is CCn1cc2c(Cl)c(-c3c[nH]c4nc(N5CC6CC[C@H](N)[C@H](F)[C@H]5C6)n(C)c(=O)c34)ccc2n1. The Morgan fingerprint density at radius 3 is 2.91 bits per heavy atom. The maximum Gasteiger partial charge on any atom is 0.264 e. The monoisotopic (exact) mass is 483 g/mol. The van der Waals surface area contributed by atoms with Crippen LogP contribution in [0.2, 0.25) is 5.02 Å². The summed E-state index contributed by atoms with van der Waals surface area (Å²) in [4.78, 5) is 23.5. The first-order chi connectivity index (χ1) is 16.4. The molecule has 10 heteroatoms. The number of nitrogens with zero attached hydrogens (tertiary/aromatic N) is 5. The van der Waals surface area contributed by atoms with Crippen LogP contribution in [-0.2, 0) is 13.6 Å². The fourth-order valence-corrected chi connectivity index (χ4v) is 5.98. The molecular formula is C24H27ClFN7O. The fourth-order valence-electron chi connectivity index (χ4n) is 5.67. The first-order valence-electron chi connectivity index (χ1n) is 11.8. The largest absolute Gasteiger partial charge is 0.345 e. The lowest BCUT2D eigenvalue weighted by atomic mass is 10.0. The van der Waals surface area contributed by atoms with Crippen molar-refractivity contribution in [3.05, 3.63) is 39.9 Å². The lowest BCUT2D eigenvalue weighted by Gasteiger charge is -2.32. The normalized spacial score (nSPS) is 24.9. The van der Waals surface area contributed by atoms with Gasteiger partial charge in [-0.2, -0.15) is 10.1 Å². The number of nitrogens with one attached hydrogen (secondary N) is 1. The molecule has 6 rings (SSSR count). The van der Waals surface area contributed by atoms with Crippen molar-refractivity contribution in [2.24, 2.45) is 18.7 Å². The Kier molecular flexibility index (Phi) is 4.97. The number of hydrogen-bond donors (Lipinski definition) is 2. The Bertz CT molecular complexity index is 1470. The van der Waals surface area contributed by atoms with Gasteiger partial charge in [0.15, 0.2) is 0 Å². The third-order valence-electron chi connectivity index (χ3n) is 7.55. The van der Waals surface area contributed by atoms with E-state index >= 15 is 4.39 Å². The van der Waals surface area contributed by atoms with Gasteiger partial charge in [0.25, 0.3) is 5.56 Å². The number of aromatic nitrogens is 5. The number of H-pyrrole nitrogens is 1. The molecule has 2 fully saturated rings. The van der Waals surface area contributed by atoms with Crippen LogP contribution in [0.5, 0.6) is 0 Å². The molecule has 3 aromatic heterocycles. The van der Waals surface area contributed by atoms with Crippen molar-refractivity contribution in [1.82, 2.24) is 24.3 Å². The molecule has 0 spiro atoms.